The first-order chi connectivity index (χ1) is 8.08. The molecule has 2 nitrogen and oxygen atoms in total. The van der Waals surface area contributed by atoms with Crippen LogP contribution in [0.1, 0.15) is 58.8 Å². The summed E-state index contributed by atoms with van der Waals surface area (Å²) in [6.07, 6.45) is 9.62. The van der Waals surface area contributed by atoms with Crippen LogP contribution < -0.4 is 5.32 Å². The van der Waals surface area contributed by atoms with Crippen molar-refractivity contribution in [2.75, 3.05) is 21.1 Å². The average molecular weight is 240 g/mol. The number of nitrogens with zero attached hydrogens (tertiary/aromatic N) is 1. The van der Waals surface area contributed by atoms with E-state index in [1.54, 1.807) is 0 Å². The Morgan fingerprint density at radius 1 is 1.12 bits per heavy atom. The van der Waals surface area contributed by atoms with Crippen LogP contribution in [-0.2, 0) is 0 Å². The van der Waals surface area contributed by atoms with Gasteiger partial charge in [0.25, 0.3) is 0 Å². The molecular formula is C15H32N2. The van der Waals surface area contributed by atoms with Crippen molar-refractivity contribution in [2.24, 2.45) is 5.92 Å². The molecule has 1 fully saturated rings. The Balaban J connectivity index is 2.94. The standard InChI is InChI=1S/C15H32N2/c1-6-13(2)14(16-3)15(17(4)5)11-9-7-8-10-12-15/h13-14,16H,6-12H2,1-5H3. The van der Waals surface area contributed by atoms with Crippen molar-refractivity contribution in [1.29, 1.82) is 0 Å². The van der Waals surface area contributed by atoms with Gasteiger partial charge in [-0.05, 0) is 39.9 Å². The Bertz CT molecular complexity index is 205. The molecule has 0 aromatic heterocycles. The first-order valence-corrected chi connectivity index (χ1v) is 7.43. The summed E-state index contributed by atoms with van der Waals surface area (Å²) in [6.45, 7) is 4.71. The van der Waals surface area contributed by atoms with Gasteiger partial charge in [0, 0.05) is 11.6 Å². The molecule has 0 bridgehead atoms. The van der Waals surface area contributed by atoms with Crippen molar-refractivity contribution >= 4 is 0 Å². The Kier molecular flexibility index (Phi) is 5.94. The molecule has 1 aliphatic carbocycles. The Morgan fingerprint density at radius 3 is 2.00 bits per heavy atom. The van der Waals surface area contributed by atoms with E-state index in [0.29, 0.717) is 11.6 Å². The number of hydrogen-bond donors (Lipinski definition) is 1. The summed E-state index contributed by atoms with van der Waals surface area (Å²) >= 11 is 0. The zero-order valence-electron chi connectivity index (χ0n) is 12.6. The third-order valence-corrected chi connectivity index (χ3v) is 4.96. The molecule has 0 heterocycles. The molecule has 17 heavy (non-hydrogen) atoms. The molecule has 2 atom stereocenters. The minimum Gasteiger partial charge on any atom is -0.315 e. The fourth-order valence-electron chi connectivity index (χ4n) is 3.70. The predicted octanol–water partition coefficient (Wildman–Crippen LogP) is 3.28. The van der Waals surface area contributed by atoms with Gasteiger partial charge in [-0.25, -0.2) is 0 Å². The Labute approximate surface area is 108 Å². The zero-order chi connectivity index (χ0) is 12.9. The first-order valence-electron chi connectivity index (χ1n) is 7.43. The maximum Gasteiger partial charge on any atom is 0.0358 e. The van der Waals surface area contributed by atoms with E-state index in [1.165, 1.54) is 44.9 Å². The molecule has 0 aromatic rings. The molecule has 102 valence electrons. The molecule has 1 N–H and O–H groups in total. The monoisotopic (exact) mass is 240 g/mol. The molecule has 0 radical (unpaired) electrons. The van der Waals surface area contributed by atoms with Crippen LogP contribution in [-0.4, -0.2) is 37.6 Å². The topological polar surface area (TPSA) is 15.3 Å². The van der Waals surface area contributed by atoms with E-state index in [1.807, 2.05) is 0 Å². The van der Waals surface area contributed by atoms with Gasteiger partial charge in [0.05, 0.1) is 0 Å². The average Bonchev–Trinajstić information content (AvgIpc) is 2.56. The second-order valence-electron chi connectivity index (χ2n) is 6.06. The lowest BCUT2D eigenvalue weighted by Gasteiger charge is -2.48. The van der Waals surface area contributed by atoms with Gasteiger partial charge in [-0.15, -0.1) is 0 Å². The molecule has 0 aliphatic heterocycles. The van der Waals surface area contributed by atoms with Crippen LogP contribution in [0.15, 0.2) is 0 Å². The predicted molar refractivity (Wildman–Crippen MR) is 76.4 cm³/mol. The van der Waals surface area contributed by atoms with E-state index in [4.69, 9.17) is 0 Å². The van der Waals surface area contributed by atoms with Gasteiger partial charge in [0.1, 0.15) is 0 Å². The summed E-state index contributed by atoms with van der Waals surface area (Å²) in [5.41, 5.74) is 0.376. The highest BCUT2D eigenvalue weighted by Gasteiger charge is 2.41. The third kappa shape index (κ3) is 3.23. The van der Waals surface area contributed by atoms with E-state index >= 15 is 0 Å². The van der Waals surface area contributed by atoms with Crippen LogP contribution >= 0.6 is 0 Å². The fourth-order valence-corrected chi connectivity index (χ4v) is 3.70. The number of nitrogens with one attached hydrogen (secondary N) is 1. The molecule has 0 spiro atoms. The van der Waals surface area contributed by atoms with Gasteiger partial charge in [0.2, 0.25) is 0 Å². The van der Waals surface area contributed by atoms with E-state index in [2.05, 4.69) is 45.2 Å². The second kappa shape index (κ2) is 6.75. The molecule has 2 unspecified atom stereocenters. The molecule has 0 amide bonds. The van der Waals surface area contributed by atoms with Crippen molar-refractivity contribution in [2.45, 2.75) is 70.4 Å². The van der Waals surface area contributed by atoms with Gasteiger partial charge in [-0.1, -0.05) is 46.0 Å². The molecule has 2 heteroatoms. The second-order valence-corrected chi connectivity index (χ2v) is 6.06. The van der Waals surface area contributed by atoms with Crippen LogP contribution in [0.3, 0.4) is 0 Å². The summed E-state index contributed by atoms with van der Waals surface area (Å²) in [6, 6.07) is 0.626. The highest BCUT2D eigenvalue weighted by molar-refractivity contribution is 5.01. The van der Waals surface area contributed by atoms with Crippen LogP contribution in [0.25, 0.3) is 0 Å². The maximum atomic E-state index is 3.63. The molecule has 0 saturated heterocycles. The number of likely N-dealkylation sites (N-methyl/N-ethyl adjacent to an activating group) is 2. The van der Waals surface area contributed by atoms with E-state index in [9.17, 15) is 0 Å². The van der Waals surface area contributed by atoms with Crippen molar-refractivity contribution in [1.82, 2.24) is 10.2 Å². The van der Waals surface area contributed by atoms with Gasteiger partial charge < -0.3 is 10.2 Å². The summed E-state index contributed by atoms with van der Waals surface area (Å²) in [5, 5.41) is 3.63. The molecular weight excluding hydrogens is 208 g/mol. The minimum absolute atomic E-state index is 0.376. The van der Waals surface area contributed by atoms with Crippen molar-refractivity contribution in [3.63, 3.8) is 0 Å². The van der Waals surface area contributed by atoms with Gasteiger partial charge in [-0.3, -0.25) is 0 Å². The summed E-state index contributed by atoms with van der Waals surface area (Å²) < 4.78 is 0. The SMILES string of the molecule is CCC(C)C(NC)C1(N(C)C)CCCCCC1. The smallest absolute Gasteiger partial charge is 0.0358 e. The van der Waals surface area contributed by atoms with Crippen molar-refractivity contribution < 1.29 is 0 Å². The molecule has 1 aliphatic rings. The fraction of sp³-hybridized carbons (Fsp3) is 1.00. The van der Waals surface area contributed by atoms with E-state index in [0.717, 1.165) is 5.92 Å². The van der Waals surface area contributed by atoms with Crippen molar-refractivity contribution in [3.8, 4) is 0 Å². The van der Waals surface area contributed by atoms with Gasteiger partial charge in [-0.2, -0.15) is 0 Å². The lowest BCUT2D eigenvalue weighted by molar-refractivity contribution is 0.0587. The van der Waals surface area contributed by atoms with Crippen molar-refractivity contribution in [3.05, 3.63) is 0 Å². The maximum absolute atomic E-state index is 3.63. The van der Waals surface area contributed by atoms with Crippen LogP contribution in [0, 0.1) is 5.92 Å². The quantitative estimate of drug-likeness (QED) is 0.742. The zero-order valence-corrected chi connectivity index (χ0v) is 12.6. The van der Waals surface area contributed by atoms with Crippen LogP contribution in [0.4, 0.5) is 0 Å². The van der Waals surface area contributed by atoms with E-state index < -0.39 is 0 Å². The molecule has 1 saturated carbocycles. The third-order valence-electron chi connectivity index (χ3n) is 4.96. The van der Waals surface area contributed by atoms with E-state index in [-0.39, 0.29) is 0 Å². The van der Waals surface area contributed by atoms with Crippen LogP contribution in [0.2, 0.25) is 0 Å². The highest BCUT2D eigenvalue weighted by Crippen LogP contribution is 2.37. The number of rotatable bonds is 5. The lowest BCUT2D eigenvalue weighted by atomic mass is 9.75. The largest absolute Gasteiger partial charge is 0.315 e. The lowest BCUT2D eigenvalue weighted by Crippen LogP contribution is -2.60. The highest BCUT2D eigenvalue weighted by atomic mass is 15.2. The molecule has 0 aromatic carbocycles. The Morgan fingerprint density at radius 2 is 1.65 bits per heavy atom. The van der Waals surface area contributed by atoms with Crippen LogP contribution in [0.5, 0.6) is 0 Å². The summed E-state index contributed by atoms with van der Waals surface area (Å²) in [7, 11) is 6.70. The summed E-state index contributed by atoms with van der Waals surface area (Å²) in [4.78, 5) is 2.51. The normalized spacial score (nSPS) is 24.4. The van der Waals surface area contributed by atoms with Gasteiger partial charge >= 0.3 is 0 Å². The number of hydrogen-bond acceptors (Lipinski definition) is 2. The summed E-state index contributed by atoms with van der Waals surface area (Å²) in [5.74, 6) is 0.750. The van der Waals surface area contributed by atoms with Gasteiger partial charge in [0.15, 0.2) is 0 Å². The molecule has 1 rings (SSSR count). The Hall–Kier alpha value is -0.0800. The first kappa shape index (κ1) is 15.0. The minimum atomic E-state index is 0.376.